The average molecular weight is 439 g/mol. The molecule has 0 aliphatic rings. The SMILES string of the molecule is CCCCCCCCCCCCCC(=O)N/N=C\c1cc(Br)ccc1OC. The molecular weight excluding hydrogens is 404 g/mol. The van der Waals surface area contributed by atoms with Crippen LogP contribution in [0.4, 0.5) is 0 Å². The Morgan fingerprint density at radius 1 is 1.04 bits per heavy atom. The molecule has 5 heteroatoms. The van der Waals surface area contributed by atoms with E-state index in [0.717, 1.165) is 28.6 Å². The van der Waals surface area contributed by atoms with Crippen LogP contribution in [0.15, 0.2) is 27.8 Å². The molecule has 152 valence electrons. The minimum atomic E-state index is -0.0314. The van der Waals surface area contributed by atoms with Crippen LogP contribution in [0.1, 0.15) is 89.5 Å². The van der Waals surface area contributed by atoms with Gasteiger partial charge in [0.25, 0.3) is 0 Å². The maximum absolute atomic E-state index is 11.8. The summed E-state index contributed by atoms with van der Waals surface area (Å²) in [5, 5.41) is 4.04. The van der Waals surface area contributed by atoms with Crippen LogP contribution in [0, 0.1) is 0 Å². The molecule has 0 bridgehead atoms. The van der Waals surface area contributed by atoms with Crippen LogP contribution in [0.2, 0.25) is 0 Å². The number of hydrogen-bond donors (Lipinski definition) is 1. The Morgan fingerprint density at radius 3 is 2.22 bits per heavy atom. The first-order chi connectivity index (χ1) is 13.2. The number of halogens is 1. The summed E-state index contributed by atoms with van der Waals surface area (Å²) >= 11 is 3.42. The van der Waals surface area contributed by atoms with Crippen molar-refractivity contribution in [1.29, 1.82) is 0 Å². The Kier molecular flexibility index (Phi) is 13.7. The number of hydrazone groups is 1. The maximum atomic E-state index is 11.8. The Morgan fingerprint density at radius 2 is 1.63 bits per heavy atom. The number of unbranched alkanes of at least 4 members (excludes halogenated alkanes) is 10. The van der Waals surface area contributed by atoms with Gasteiger partial charge in [-0.15, -0.1) is 0 Å². The predicted octanol–water partition coefficient (Wildman–Crippen LogP) is 6.61. The van der Waals surface area contributed by atoms with Crippen molar-refractivity contribution in [2.45, 2.75) is 84.0 Å². The van der Waals surface area contributed by atoms with Gasteiger partial charge >= 0.3 is 0 Å². The lowest BCUT2D eigenvalue weighted by Gasteiger charge is -2.05. The summed E-state index contributed by atoms with van der Waals surface area (Å²) in [6, 6.07) is 5.66. The summed E-state index contributed by atoms with van der Waals surface area (Å²) in [5.41, 5.74) is 3.42. The topological polar surface area (TPSA) is 50.7 Å². The fraction of sp³-hybridized carbons (Fsp3) is 0.636. The smallest absolute Gasteiger partial charge is 0.240 e. The van der Waals surface area contributed by atoms with Gasteiger partial charge in [0.05, 0.1) is 13.3 Å². The van der Waals surface area contributed by atoms with Crippen LogP contribution in [0.25, 0.3) is 0 Å². The van der Waals surface area contributed by atoms with Crippen molar-refractivity contribution in [2.24, 2.45) is 5.10 Å². The van der Waals surface area contributed by atoms with Gasteiger partial charge in [0, 0.05) is 16.5 Å². The third kappa shape index (κ3) is 11.9. The largest absolute Gasteiger partial charge is 0.496 e. The molecule has 0 aliphatic heterocycles. The number of hydrogen-bond acceptors (Lipinski definition) is 3. The van der Waals surface area contributed by atoms with Crippen LogP contribution in [-0.2, 0) is 4.79 Å². The summed E-state index contributed by atoms with van der Waals surface area (Å²) < 4.78 is 6.22. The fourth-order valence-corrected chi connectivity index (χ4v) is 3.36. The first kappa shape index (κ1) is 23.7. The number of carbonyl (C=O) groups excluding carboxylic acids is 1. The standard InChI is InChI=1S/C22H35BrN2O2/c1-3-4-5-6-7-8-9-10-11-12-13-14-22(26)25-24-18-19-17-20(23)15-16-21(19)27-2/h15-18H,3-14H2,1-2H3,(H,25,26)/b24-18-. The van der Waals surface area contributed by atoms with Crippen LogP contribution in [0.5, 0.6) is 5.75 Å². The van der Waals surface area contributed by atoms with E-state index in [4.69, 9.17) is 4.74 Å². The number of rotatable bonds is 15. The molecule has 0 saturated heterocycles. The van der Waals surface area contributed by atoms with Crippen LogP contribution in [0.3, 0.4) is 0 Å². The van der Waals surface area contributed by atoms with Gasteiger partial charge in [0.2, 0.25) is 5.91 Å². The fourth-order valence-electron chi connectivity index (χ4n) is 2.99. The molecular formula is C22H35BrN2O2. The maximum Gasteiger partial charge on any atom is 0.240 e. The monoisotopic (exact) mass is 438 g/mol. The van der Waals surface area contributed by atoms with Gasteiger partial charge in [-0.05, 0) is 24.6 Å². The summed E-state index contributed by atoms with van der Waals surface area (Å²) in [5.74, 6) is 0.692. The quantitative estimate of drug-likeness (QED) is 0.190. The van der Waals surface area contributed by atoms with Crippen molar-refractivity contribution in [1.82, 2.24) is 5.43 Å². The highest BCUT2D eigenvalue weighted by Gasteiger charge is 2.02. The van der Waals surface area contributed by atoms with E-state index in [0.29, 0.717) is 6.42 Å². The number of methoxy groups -OCH3 is 1. The first-order valence-corrected chi connectivity index (χ1v) is 11.1. The Bertz CT molecular complexity index is 561. The van der Waals surface area contributed by atoms with E-state index in [1.807, 2.05) is 18.2 Å². The second kappa shape index (κ2) is 15.7. The van der Waals surface area contributed by atoms with Crippen molar-refractivity contribution in [2.75, 3.05) is 7.11 Å². The second-order valence-corrected chi connectivity index (χ2v) is 7.88. The average Bonchev–Trinajstić information content (AvgIpc) is 2.66. The number of ether oxygens (including phenoxy) is 1. The Balaban J connectivity index is 2.05. The highest BCUT2D eigenvalue weighted by atomic mass is 79.9. The van der Waals surface area contributed by atoms with E-state index in [-0.39, 0.29) is 5.91 Å². The van der Waals surface area contributed by atoms with Gasteiger partial charge in [-0.25, -0.2) is 5.43 Å². The molecule has 1 amide bonds. The number of nitrogens with zero attached hydrogens (tertiary/aromatic N) is 1. The summed E-state index contributed by atoms with van der Waals surface area (Å²) in [6.07, 6.45) is 16.2. The summed E-state index contributed by atoms with van der Waals surface area (Å²) in [7, 11) is 1.62. The number of carbonyl (C=O) groups is 1. The van der Waals surface area contributed by atoms with Crippen LogP contribution >= 0.6 is 15.9 Å². The summed E-state index contributed by atoms with van der Waals surface area (Å²) in [6.45, 7) is 2.26. The highest BCUT2D eigenvalue weighted by Crippen LogP contribution is 2.21. The summed E-state index contributed by atoms with van der Waals surface area (Å²) in [4.78, 5) is 11.8. The van der Waals surface area contributed by atoms with Crippen LogP contribution in [-0.4, -0.2) is 19.2 Å². The van der Waals surface area contributed by atoms with Gasteiger partial charge in [-0.1, -0.05) is 87.1 Å². The zero-order chi connectivity index (χ0) is 19.7. The van der Waals surface area contributed by atoms with Gasteiger partial charge in [0.15, 0.2) is 0 Å². The van der Waals surface area contributed by atoms with Crippen LogP contribution < -0.4 is 10.2 Å². The molecule has 0 saturated carbocycles. The molecule has 1 aromatic rings. The third-order valence-corrected chi connectivity index (χ3v) is 5.09. The molecule has 1 rings (SSSR count). The molecule has 0 spiro atoms. The molecule has 1 aromatic carbocycles. The lowest BCUT2D eigenvalue weighted by atomic mass is 10.1. The van der Waals surface area contributed by atoms with Crippen molar-refractivity contribution in [3.63, 3.8) is 0 Å². The number of benzene rings is 1. The zero-order valence-corrected chi connectivity index (χ0v) is 18.5. The van der Waals surface area contributed by atoms with Crippen molar-refractivity contribution in [3.05, 3.63) is 28.2 Å². The van der Waals surface area contributed by atoms with Gasteiger partial charge in [-0.2, -0.15) is 5.10 Å². The van der Waals surface area contributed by atoms with Crippen molar-refractivity contribution < 1.29 is 9.53 Å². The second-order valence-electron chi connectivity index (χ2n) is 6.96. The minimum absolute atomic E-state index is 0.0314. The lowest BCUT2D eigenvalue weighted by molar-refractivity contribution is -0.121. The molecule has 0 radical (unpaired) electrons. The number of amides is 1. The van der Waals surface area contributed by atoms with E-state index >= 15 is 0 Å². The Labute approximate surface area is 173 Å². The minimum Gasteiger partial charge on any atom is -0.496 e. The molecule has 0 heterocycles. The molecule has 1 N–H and O–H groups in total. The zero-order valence-electron chi connectivity index (χ0n) is 16.9. The van der Waals surface area contributed by atoms with E-state index in [9.17, 15) is 4.79 Å². The molecule has 0 aliphatic carbocycles. The first-order valence-electron chi connectivity index (χ1n) is 10.3. The normalized spacial score (nSPS) is 11.1. The predicted molar refractivity (Wildman–Crippen MR) is 118 cm³/mol. The molecule has 0 unspecified atom stereocenters. The van der Waals surface area contributed by atoms with E-state index in [1.165, 1.54) is 57.8 Å². The molecule has 0 atom stereocenters. The molecule has 0 aromatic heterocycles. The molecule has 0 fully saturated rings. The molecule has 27 heavy (non-hydrogen) atoms. The van der Waals surface area contributed by atoms with Crippen molar-refractivity contribution in [3.8, 4) is 5.75 Å². The van der Waals surface area contributed by atoms with E-state index in [2.05, 4.69) is 33.4 Å². The third-order valence-electron chi connectivity index (χ3n) is 4.59. The van der Waals surface area contributed by atoms with Crippen molar-refractivity contribution >= 4 is 28.1 Å². The van der Waals surface area contributed by atoms with Gasteiger partial charge in [0.1, 0.15) is 5.75 Å². The van der Waals surface area contributed by atoms with E-state index in [1.54, 1.807) is 13.3 Å². The highest BCUT2D eigenvalue weighted by molar-refractivity contribution is 9.10. The number of nitrogens with one attached hydrogen (secondary N) is 1. The lowest BCUT2D eigenvalue weighted by Crippen LogP contribution is -2.17. The van der Waals surface area contributed by atoms with E-state index < -0.39 is 0 Å². The Hall–Kier alpha value is -1.36. The molecule has 4 nitrogen and oxygen atoms in total. The van der Waals surface area contributed by atoms with Gasteiger partial charge < -0.3 is 4.74 Å². The van der Waals surface area contributed by atoms with Gasteiger partial charge in [-0.3, -0.25) is 4.79 Å².